The van der Waals surface area contributed by atoms with Crippen LogP contribution < -0.4 is 4.72 Å². The maximum atomic E-state index is 12.1. The smallest absolute Gasteiger partial charge is 0.335 e. The molecule has 1 heterocycles. The van der Waals surface area contributed by atoms with Crippen LogP contribution in [-0.2, 0) is 10.0 Å². The van der Waals surface area contributed by atoms with Crippen LogP contribution in [0, 0.1) is 5.92 Å². The lowest BCUT2D eigenvalue weighted by Crippen LogP contribution is -2.31. The van der Waals surface area contributed by atoms with E-state index < -0.39 is 16.0 Å². The summed E-state index contributed by atoms with van der Waals surface area (Å²) in [5, 5.41) is 8.79. The lowest BCUT2D eigenvalue weighted by atomic mass is 10.0. The van der Waals surface area contributed by atoms with Crippen LogP contribution in [0.4, 0.5) is 0 Å². The van der Waals surface area contributed by atoms with E-state index in [2.05, 4.69) is 4.72 Å². The highest BCUT2D eigenvalue weighted by atomic mass is 32.2. The van der Waals surface area contributed by atoms with Gasteiger partial charge in [0.05, 0.1) is 10.5 Å². The van der Waals surface area contributed by atoms with E-state index in [9.17, 15) is 13.2 Å². The first-order valence-corrected chi connectivity index (χ1v) is 9.03. The fraction of sp³-hybridized carbons (Fsp3) is 0.462. The normalized spacial score (nSPS) is 17.0. The molecular weight excluding hydrogens is 298 g/mol. The molecule has 2 rings (SSSR count). The van der Waals surface area contributed by atoms with Crippen molar-refractivity contribution < 1.29 is 18.3 Å². The monoisotopic (exact) mass is 315 g/mol. The molecule has 0 atom stereocenters. The van der Waals surface area contributed by atoms with Crippen molar-refractivity contribution in [2.24, 2.45) is 5.92 Å². The van der Waals surface area contributed by atoms with E-state index in [0.29, 0.717) is 12.5 Å². The summed E-state index contributed by atoms with van der Waals surface area (Å²) in [4.78, 5) is 10.8. The van der Waals surface area contributed by atoms with Gasteiger partial charge in [-0.15, -0.1) is 0 Å². The standard InChI is InChI=1S/C13H17NO4S2/c15-13(16)11-1-3-12(4-2-11)20(17,18)14-9-10-5-7-19-8-6-10/h1-4,10,14H,5-9H2,(H,15,16). The Labute approximate surface area is 122 Å². The summed E-state index contributed by atoms with van der Waals surface area (Å²) in [5.74, 6) is 1.49. The van der Waals surface area contributed by atoms with Crippen LogP contribution in [0.3, 0.4) is 0 Å². The Morgan fingerprint density at radius 2 is 1.85 bits per heavy atom. The SMILES string of the molecule is O=C(O)c1ccc(S(=O)(=O)NCC2CCSCC2)cc1. The van der Waals surface area contributed by atoms with Gasteiger partial charge in [-0.2, -0.15) is 11.8 Å². The maximum absolute atomic E-state index is 12.1. The van der Waals surface area contributed by atoms with Crippen LogP contribution in [0.25, 0.3) is 0 Å². The Kier molecular flexibility index (Phi) is 5.06. The molecule has 1 aromatic carbocycles. The number of carboxylic acids is 1. The fourth-order valence-electron chi connectivity index (χ4n) is 2.04. The van der Waals surface area contributed by atoms with Crippen molar-refractivity contribution in [3.05, 3.63) is 29.8 Å². The third kappa shape index (κ3) is 3.97. The molecule has 0 amide bonds. The van der Waals surface area contributed by atoms with Crippen LogP contribution in [0.2, 0.25) is 0 Å². The maximum Gasteiger partial charge on any atom is 0.335 e. The molecule has 2 N–H and O–H groups in total. The van der Waals surface area contributed by atoms with E-state index in [4.69, 9.17) is 5.11 Å². The zero-order chi connectivity index (χ0) is 14.6. The first kappa shape index (κ1) is 15.3. The molecule has 1 aliphatic rings. The molecule has 110 valence electrons. The van der Waals surface area contributed by atoms with Crippen LogP contribution in [0.15, 0.2) is 29.2 Å². The predicted molar refractivity (Wildman–Crippen MR) is 78.6 cm³/mol. The second kappa shape index (κ2) is 6.60. The molecule has 0 aliphatic carbocycles. The number of hydrogen-bond donors (Lipinski definition) is 2. The van der Waals surface area contributed by atoms with Crippen molar-refractivity contribution >= 4 is 27.8 Å². The van der Waals surface area contributed by atoms with Gasteiger partial charge in [0.15, 0.2) is 0 Å². The number of carboxylic acid groups (broad SMARTS) is 1. The number of rotatable bonds is 5. The van der Waals surface area contributed by atoms with Gasteiger partial charge in [0, 0.05) is 6.54 Å². The average molecular weight is 315 g/mol. The van der Waals surface area contributed by atoms with Crippen molar-refractivity contribution in [1.29, 1.82) is 0 Å². The minimum atomic E-state index is -3.55. The van der Waals surface area contributed by atoms with Crippen molar-refractivity contribution in [2.45, 2.75) is 17.7 Å². The molecule has 0 radical (unpaired) electrons. The van der Waals surface area contributed by atoms with E-state index in [1.807, 2.05) is 11.8 Å². The Bertz CT molecular complexity index is 563. The highest BCUT2D eigenvalue weighted by Crippen LogP contribution is 2.22. The molecule has 1 saturated heterocycles. The minimum absolute atomic E-state index is 0.0771. The summed E-state index contributed by atoms with van der Waals surface area (Å²) in [6.45, 7) is 0.448. The molecule has 0 saturated carbocycles. The highest BCUT2D eigenvalue weighted by molar-refractivity contribution is 7.99. The first-order chi connectivity index (χ1) is 9.49. The average Bonchev–Trinajstić information content (AvgIpc) is 2.46. The van der Waals surface area contributed by atoms with Crippen molar-refractivity contribution in [2.75, 3.05) is 18.1 Å². The molecule has 7 heteroatoms. The fourth-order valence-corrected chi connectivity index (χ4v) is 4.36. The number of hydrogen-bond acceptors (Lipinski definition) is 4. The van der Waals surface area contributed by atoms with Crippen LogP contribution in [-0.4, -0.2) is 37.5 Å². The van der Waals surface area contributed by atoms with E-state index >= 15 is 0 Å². The van der Waals surface area contributed by atoms with Crippen molar-refractivity contribution in [3.8, 4) is 0 Å². The third-order valence-electron chi connectivity index (χ3n) is 3.31. The second-order valence-electron chi connectivity index (χ2n) is 4.74. The molecule has 0 spiro atoms. The Hall–Kier alpha value is -1.05. The largest absolute Gasteiger partial charge is 0.478 e. The zero-order valence-electron chi connectivity index (χ0n) is 10.9. The number of nitrogens with one attached hydrogen (secondary N) is 1. The van der Waals surface area contributed by atoms with Crippen molar-refractivity contribution in [3.63, 3.8) is 0 Å². The lowest BCUT2D eigenvalue weighted by Gasteiger charge is -2.21. The summed E-state index contributed by atoms with van der Waals surface area (Å²) >= 11 is 1.90. The molecule has 1 aliphatic heterocycles. The minimum Gasteiger partial charge on any atom is -0.478 e. The molecule has 0 unspecified atom stereocenters. The van der Waals surface area contributed by atoms with Gasteiger partial charge in [-0.05, 0) is 54.5 Å². The Morgan fingerprint density at radius 1 is 1.25 bits per heavy atom. The summed E-state index contributed by atoms with van der Waals surface area (Å²) in [6, 6.07) is 5.24. The van der Waals surface area contributed by atoms with E-state index in [-0.39, 0.29) is 10.5 Å². The van der Waals surface area contributed by atoms with Crippen LogP contribution in [0.5, 0.6) is 0 Å². The van der Waals surface area contributed by atoms with Gasteiger partial charge in [-0.3, -0.25) is 0 Å². The predicted octanol–water partition coefficient (Wildman–Crippen LogP) is 1.81. The van der Waals surface area contributed by atoms with Crippen molar-refractivity contribution in [1.82, 2.24) is 4.72 Å². The molecule has 1 aromatic rings. The number of benzene rings is 1. The lowest BCUT2D eigenvalue weighted by molar-refractivity contribution is 0.0696. The molecule has 5 nitrogen and oxygen atoms in total. The zero-order valence-corrected chi connectivity index (χ0v) is 12.5. The second-order valence-corrected chi connectivity index (χ2v) is 7.73. The van der Waals surface area contributed by atoms with Gasteiger partial charge < -0.3 is 5.11 Å². The number of aromatic carboxylic acids is 1. The van der Waals surface area contributed by atoms with Gasteiger partial charge in [-0.25, -0.2) is 17.9 Å². The number of carbonyl (C=O) groups is 1. The quantitative estimate of drug-likeness (QED) is 0.866. The third-order valence-corrected chi connectivity index (χ3v) is 5.80. The molecular formula is C13H17NO4S2. The van der Waals surface area contributed by atoms with Gasteiger partial charge in [0.25, 0.3) is 0 Å². The Morgan fingerprint density at radius 3 is 2.40 bits per heavy atom. The number of thioether (sulfide) groups is 1. The van der Waals surface area contributed by atoms with E-state index in [1.54, 1.807) is 0 Å². The highest BCUT2D eigenvalue weighted by Gasteiger charge is 2.19. The summed E-state index contributed by atoms with van der Waals surface area (Å²) < 4.78 is 26.8. The van der Waals surface area contributed by atoms with E-state index in [0.717, 1.165) is 24.3 Å². The summed E-state index contributed by atoms with van der Waals surface area (Å²) in [6.07, 6.45) is 2.07. The van der Waals surface area contributed by atoms with Gasteiger partial charge >= 0.3 is 5.97 Å². The molecule has 1 fully saturated rings. The van der Waals surface area contributed by atoms with Crippen LogP contribution in [0.1, 0.15) is 23.2 Å². The van der Waals surface area contributed by atoms with Gasteiger partial charge in [-0.1, -0.05) is 0 Å². The molecule has 0 bridgehead atoms. The molecule has 20 heavy (non-hydrogen) atoms. The van der Waals surface area contributed by atoms with Gasteiger partial charge in [0.2, 0.25) is 10.0 Å². The summed E-state index contributed by atoms with van der Waals surface area (Å²) in [5.41, 5.74) is 0.0771. The number of sulfonamides is 1. The van der Waals surface area contributed by atoms with Gasteiger partial charge in [0.1, 0.15) is 0 Å². The van der Waals surface area contributed by atoms with E-state index in [1.165, 1.54) is 24.3 Å². The Balaban J connectivity index is 2.00. The molecule has 0 aromatic heterocycles. The van der Waals surface area contributed by atoms with Crippen LogP contribution >= 0.6 is 11.8 Å². The first-order valence-electron chi connectivity index (χ1n) is 6.40. The summed E-state index contributed by atoms with van der Waals surface area (Å²) in [7, 11) is -3.55. The topological polar surface area (TPSA) is 83.5 Å².